The molecule has 0 aliphatic carbocycles. The first kappa shape index (κ1) is 10.1. The molecule has 16 heavy (non-hydrogen) atoms. The van der Waals surface area contributed by atoms with Gasteiger partial charge in [0.05, 0.1) is 13.2 Å². The van der Waals surface area contributed by atoms with Crippen LogP contribution in [0.25, 0.3) is 0 Å². The van der Waals surface area contributed by atoms with Crippen molar-refractivity contribution < 1.29 is 4.74 Å². The van der Waals surface area contributed by atoms with E-state index in [0.29, 0.717) is 0 Å². The second-order valence-electron chi connectivity index (χ2n) is 4.84. The van der Waals surface area contributed by atoms with E-state index in [0.717, 1.165) is 50.4 Å². The van der Waals surface area contributed by atoms with Crippen LogP contribution in [-0.4, -0.2) is 31.3 Å². The summed E-state index contributed by atoms with van der Waals surface area (Å²) in [6.45, 7) is 6.27. The van der Waals surface area contributed by atoms with Gasteiger partial charge in [0.25, 0.3) is 0 Å². The molecule has 0 unspecified atom stereocenters. The molecule has 0 aromatic carbocycles. The molecule has 0 saturated carbocycles. The average Bonchev–Trinajstić information content (AvgIpc) is 2.89. The van der Waals surface area contributed by atoms with Crippen LogP contribution in [0.3, 0.4) is 0 Å². The number of fused-ring (bicyclic) bond motifs is 1. The summed E-state index contributed by atoms with van der Waals surface area (Å²) in [4.78, 5) is 6.94. The van der Waals surface area contributed by atoms with Gasteiger partial charge in [-0.05, 0) is 18.1 Å². The molecule has 0 spiro atoms. The molecule has 3 rings (SSSR count). The minimum absolute atomic E-state index is 0.729. The molecule has 3 nitrogen and oxygen atoms in total. The van der Waals surface area contributed by atoms with E-state index in [2.05, 4.69) is 28.9 Å². The molecule has 0 N–H and O–H groups in total. The van der Waals surface area contributed by atoms with Crippen LogP contribution in [0.4, 0.5) is 5.82 Å². The number of pyridine rings is 1. The number of anilines is 1. The first-order valence-electron chi connectivity index (χ1n) is 6.14. The lowest BCUT2D eigenvalue weighted by molar-refractivity contribution is 0.177. The van der Waals surface area contributed by atoms with Gasteiger partial charge in [-0.2, -0.15) is 0 Å². The topological polar surface area (TPSA) is 25.4 Å². The number of rotatable bonds is 2. The van der Waals surface area contributed by atoms with Crippen molar-refractivity contribution in [2.75, 3.05) is 31.2 Å². The fourth-order valence-electron chi connectivity index (χ4n) is 2.69. The number of aryl methyl sites for hydroxylation is 1. The summed E-state index contributed by atoms with van der Waals surface area (Å²) in [7, 11) is 0. The average molecular weight is 218 g/mol. The van der Waals surface area contributed by atoms with Crippen LogP contribution in [0.1, 0.15) is 12.5 Å². The SMILES string of the molecule is CCc1ccc(N2C[C@H]3COC[C@H]3C2)nc1. The zero-order valence-electron chi connectivity index (χ0n) is 9.72. The van der Waals surface area contributed by atoms with Crippen LogP contribution in [-0.2, 0) is 11.2 Å². The molecule has 86 valence electrons. The molecule has 1 aromatic rings. The number of hydrogen-bond acceptors (Lipinski definition) is 3. The van der Waals surface area contributed by atoms with Crippen molar-refractivity contribution in [2.45, 2.75) is 13.3 Å². The zero-order valence-corrected chi connectivity index (χ0v) is 9.72. The third kappa shape index (κ3) is 1.69. The van der Waals surface area contributed by atoms with Gasteiger partial charge in [0, 0.05) is 31.1 Å². The Morgan fingerprint density at radius 2 is 2.06 bits per heavy atom. The van der Waals surface area contributed by atoms with Gasteiger partial charge in [-0.3, -0.25) is 0 Å². The van der Waals surface area contributed by atoms with E-state index in [9.17, 15) is 0 Å². The molecule has 2 aliphatic heterocycles. The first-order chi connectivity index (χ1) is 7.86. The Balaban J connectivity index is 1.73. The van der Waals surface area contributed by atoms with Crippen molar-refractivity contribution in [3.8, 4) is 0 Å². The summed E-state index contributed by atoms with van der Waals surface area (Å²) in [5.74, 6) is 2.59. The third-order valence-electron chi connectivity index (χ3n) is 3.78. The second-order valence-corrected chi connectivity index (χ2v) is 4.84. The summed E-state index contributed by atoms with van der Waals surface area (Å²) in [6.07, 6.45) is 3.06. The highest BCUT2D eigenvalue weighted by atomic mass is 16.5. The lowest BCUT2D eigenvalue weighted by Gasteiger charge is -2.18. The Labute approximate surface area is 96.4 Å². The molecule has 0 bridgehead atoms. The maximum atomic E-state index is 5.49. The Bertz CT molecular complexity index is 351. The van der Waals surface area contributed by atoms with Crippen LogP contribution in [0.2, 0.25) is 0 Å². The fourth-order valence-corrected chi connectivity index (χ4v) is 2.69. The fraction of sp³-hybridized carbons (Fsp3) is 0.615. The smallest absolute Gasteiger partial charge is 0.128 e. The third-order valence-corrected chi connectivity index (χ3v) is 3.78. The molecule has 2 atom stereocenters. The van der Waals surface area contributed by atoms with E-state index in [1.165, 1.54) is 5.56 Å². The molecule has 0 amide bonds. The van der Waals surface area contributed by atoms with E-state index in [-0.39, 0.29) is 0 Å². The Hall–Kier alpha value is -1.09. The highest BCUT2D eigenvalue weighted by molar-refractivity contribution is 5.41. The van der Waals surface area contributed by atoms with E-state index in [4.69, 9.17) is 4.74 Å². The number of ether oxygens (including phenoxy) is 1. The van der Waals surface area contributed by atoms with Gasteiger partial charge in [-0.1, -0.05) is 13.0 Å². The summed E-state index contributed by atoms with van der Waals surface area (Å²) < 4.78 is 5.49. The van der Waals surface area contributed by atoms with Gasteiger partial charge < -0.3 is 9.64 Å². The van der Waals surface area contributed by atoms with Crippen molar-refractivity contribution in [1.29, 1.82) is 0 Å². The van der Waals surface area contributed by atoms with Gasteiger partial charge in [-0.15, -0.1) is 0 Å². The lowest BCUT2D eigenvalue weighted by atomic mass is 10.0. The van der Waals surface area contributed by atoms with Gasteiger partial charge in [0.15, 0.2) is 0 Å². The monoisotopic (exact) mass is 218 g/mol. The minimum Gasteiger partial charge on any atom is -0.381 e. The molecule has 3 heterocycles. The maximum absolute atomic E-state index is 5.49. The van der Waals surface area contributed by atoms with Crippen molar-refractivity contribution in [2.24, 2.45) is 11.8 Å². The van der Waals surface area contributed by atoms with Gasteiger partial charge in [0.1, 0.15) is 5.82 Å². The van der Waals surface area contributed by atoms with E-state index in [1.807, 2.05) is 6.20 Å². The van der Waals surface area contributed by atoms with Crippen LogP contribution < -0.4 is 4.90 Å². The number of nitrogens with zero attached hydrogens (tertiary/aromatic N) is 2. The highest BCUT2D eigenvalue weighted by Gasteiger charge is 2.37. The second kappa shape index (κ2) is 4.06. The number of hydrogen-bond donors (Lipinski definition) is 0. The standard InChI is InChI=1S/C13H18N2O/c1-2-10-3-4-13(14-5-10)15-6-11-8-16-9-12(11)7-15/h3-5,11-12H,2,6-9H2,1H3/t11-,12+. The van der Waals surface area contributed by atoms with Gasteiger partial charge >= 0.3 is 0 Å². The molecule has 1 aromatic heterocycles. The van der Waals surface area contributed by atoms with Crippen LogP contribution in [0, 0.1) is 11.8 Å². The van der Waals surface area contributed by atoms with E-state index < -0.39 is 0 Å². The summed E-state index contributed by atoms with van der Waals surface area (Å²) in [5.41, 5.74) is 1.31. The van der Waals surface area contributed by atoms with Crippen molar-refractivity contribution in [3.05, 3.63) is 23.9 Å². The van der Waals surface area contributed by atoms with E-state index in [1.54, 1.807) is 0 Å². The van der Waals surface area contributed by atoms with Crippen molar-refractivity contribution in [1.82, 2.24) is 4.98 Å². The van der Waals surface area contributed by atoms with Crippen molar-refractivity contribution >= 4 is 5.82 Å². The number of aromatic nitrogens is 1. The van der Waals surface area contributed by atoms with E-state index >= 15 is 0 Å². The maximum Gasteiger partial charge on any atom is 0.128 e. The van der Waals surface area contributed by atoms with Crippen LogP contribution in [0.15, 0.2) is 18.3 Å². The van der Waals surface area contributed by atoms with Crippen molar-refractivity contribution in [3.63, 3.8) is 0 Å². The Morgan fingerprint density at radius 1 is 1.31 bits per heavy atom. The van der Waals surface area contributed by atoms with Gasteiger partial charge in [-0.25, -0.2) is 4.98 Å². The Kier molecular flexibility index (Phi) is 2.56. The molecule has 0 radical (unpaired) electrons. The quantitative estimate of drug-likeness (QED) is 0.756. The molecular weight excluding hydrogens is 200 g/mol. The normalized spacial score (nSPS) is 28.4. The molecule has 2 fully saturated rings. The zero-order chi connectivity index (χ0) is 11.0. The summed E-state index contributed by atoms with van der Waals surface area (Å²) in [5, 5.41) is 0. The summed E-state index contributed by atoms with van der Waals surface area (Å²) >= 11 is 0. The molecule has 2 aliphatic rings. The van der Waals surface area contributed by atoms with Crippen LogP contribution >= 0.6 is 0 Å². The first-order valence-corrected chi connectivity index (χ1v) is 6.14. The lowest BCUT2D eigenvalue weighted by Crippen LogP contribution is -2.23. The largest absolute Gasteiger partial charge is 0.381 e. The Morgan fingerprint density at radius 3 is 2.62 bits per heavy atom. The predicted molar refractivity (Wildman–Crippen MR) is 63.6 cm³/mol. The molecule has 3 heteroatoms. The predicted octanol–water partition coefficient (Wildman–Crippen LogP) is 1.73. The molecule has 2 saturated heterocycles. The van der Waals surface area contributed by atoms with Crippen LogP contribution in [0.5, 0.6) is 0 Å². The minimum atomic E-state index is 0.729. The highest BCUT2D eigenvalue weighted by Crippen LogP contribution is 2.31. The molecular formula is C13H18N2O. The summed E-state index contributed by atoms with van der Waals surface area (Å²) in [6, 6.07) is 4.34. The van der Waals surface area contributed by atoms with Gasteiger partial charge in [0.2, 0.25) is 0 Å².